The van der Waals surface area contributed by atoms with Gasteiger partial charge in [0.25, 0.3) is 0 Å². The van der Waals surface area contributed by atoms with Crippen LogP contribution in [0.1, 0.15) is 25.9 Å². The van der Waals surface area contributed by atoms with Gasteiger partial charge in [-0.1, -0.05) is 0 Å². The molecule has 0 aliphatic carbocycles. The molecular formula is C11H13N3O4S2. The molecule has 0 radical (unpaired) electrons. The number of hydrogen-bond acceptors (Lipinski definition) is 5. The van der Waals surface area contributed by atoms with Crippen molar-refractivity contribution in [1.29, 1.82) is 0 Å². The Morgan fingerprint density at radius 2 is 2.15 bits per heavy atom. The van der Waals surface area contributed by atoms with E-state index in [1.807, 2.05) is 19.1 Å². The Morgan fingerprint density at radius 3 is 2.70 bits per heavy atom. The van der Waals surface area contributed by atoms with Crippen molar-refractivity contribution < 1.29 is 18.3 Å². The fourth-order valence-corrected chi connectivity index (χ4v) is 3.96. The molecule has 0 aromatic carbocycles. The number of aryl methyl sites for hydroxylation is 2. The average molecular weight is 315 g/mol. The quantitative estimate of drug-likeness (QED) is 0.769. The molecule has 0 bridgehead atoms. The zero-order valence-corrected chi connectivity index (χ0v) is 12.4. The standard InChI is InChI=1S/C11H13N3O4S2/c1-6-3-4-8(19-6)5-12-20(17,18)10-7(2)13-14-9(10)11(15)16/h3-4,12H,5H2,1-2H3,(H,13,14)(H,15,16). The van der Waals surface area contributed by atoms with Crippen molar-refractivity contribution in [3.8, 4) is 0 Å². The molecule has 0 unspecified atom stereocenters. The number of H-pyrrole nitrogens is 1. The lowest BCUT2D eigenvalue weighted by molar-refractivity contribution is 0.0686. The third-order valence-corrected chi connectivity index (χ3v) is 5.16. The van der Waals surface area contributed by atoms with Gasteiger partial charge in [-0.05, 0) is 26.0 Å². The summed E-state index contributed by atoms with van der Waals surface area (Å²) in [5, 5.41) is 14.8. The molecule has 0 spiro atoms. The predicted octanol–water partition coefficient (Wildman–Crippen LogP) is 1.26. The van der Waals surface area contributed by atoms with Crippen LogP contribution >= 0.6 is 11.3 Å². The van der Waals surface area contributed by atoms with Gasteiger partial charge in [-0.2, -0.15) is 5.10 Å². The Hall–Kier alpha value is -1.71. The summed E-state index contributed by atoms with van der Waals surface area (Å²) in [5.41, 5.74) is -0.311. The van der Waals surface area contributed by atoms with Crippen LogP contribution in [0, 0.1) is 13.8 Å². The van der Waals surface area contributed by atoms with Crippen LogP contribution in [0.25, 0.3) is 0 Å². The first-order chi connectivity index (χ1) is 9.31. The van der Waals surface area contributed by atoms with E-state index in [4.69, 9.17) is 5.11 Å². The van der Waals surface area contributed by atoms with Gasteiger partial charge in [-0.15, -0.1) is 11.3 Å². The Balaban J connectivity index is 2.27. The van der Waals surface area contributed by atoms with E-state index in [2.05, 4.69) is 14.9 Å². The summed E-state index contributed by atoms with van der Waals surface area (Å²) in [6, 6.07) is 3.71. The van der Waals surface area contributed by atoms with E-state index >= 15 is 0 Å². The molecule has 2 heterocycles. The van der Waals surface area contributed by atoms with Crippen molar-refractivity contribution in [1.82, 2.24) is 14.9 Å². The normalized spacial score (nSPS) is 11.7. The Bertz CT molecular complexity index is 746. The maximum atomic E-state index is 12.2. The fourth-order valence-electron chi connectivity index (χ4n) is 1.71. The van der Waals surface area contributed by atoms with Gasteiger partial charge in [0, 0.05) is 16.3 Å². The molecule has 2 aromatic heterocycles. The number of rotatable bonds is 5. The highest BCUT2D eigenvalue weighted by atomic mass is 32.2. The lowest BCUT2D eigenvalue weighted by atomic mass is 10.4. The second kappa shape index (κ2) is 5.35. The predicted molar refractivity (Wildman–Crippen MR) is 73.4 cm³/mol. The van der Waals surface area contributed by atoms with Crippen LogP contribution < -0.4 is 4.72 Å². The molecule has 0 aliphatic heterocycles. The van der Waals surface area contributed by atoms with Gasteiger partial charge in [0.05, 0.1) is 5.69 Å². The minimum Gasteiger partial charge on any atom is -0.476 e. The third kappa shape index (κ3) is 2.89. The number of carboxylic acid groups (broad SMARTS) is 1. The van der Waals surface area contributed by atoms with E-state index in [9.17, 15) is 13.2 Å². The minimum atomic E-state index is -3.93. The molecule has 0 saturated heterocycles. The number of hydrogen-bond donors (Lipinski definition) is 3. The molecule has 108 valence electrons. The molecular weight excluding hydrogens is 302 g/mol. The van der Waals surface area contributed by atoms with Gasteiger partial charge in [-0.25, -0.2) is 17.9 Å². The van der Waals surface area contributed by atoms with Crippen molar-refractivity contribution in [2.24, 2.45) is 0 Å². The maximum absolute atomic E-state index is 12.2. The van der Waals surface area contributed by atoms with Gasteiger partial charge >= 0.3 is 5.97 Å². The van der Waals surface area contributed by atoms with Crippen molar-refractivity contribution in [3.05, 3.63) is 33.3 Å². The number of carbonyl (C=O) groups is 1. The van der Waals surface area contributed by atoms with Gasteiger partial charge in [0.1, 0.15) is 4.90 Å². The molecule has 20 heavy (non-hydrogen) atoms. The number of thiophene rings is 1. The monoisotopic (exact) mass is 315 g/mol. The first kappa shape index (κ1) is 14.7. The maximum Gasteiger partial charge on any atom is 0.357 e. The second-order valence-electron chi connectivity index (χ2n) is 4.17. The number of aromatic carboxylic acids is 1. The van der Waals surface area contributed by atoms with Gasteiger partial charge < -0.3 is 5.11 Å². The summed E-state index contributed by atoms with van der Waals surface area (Å²) in [7, 11) is -3.93. The third-order valence-electron chi connectivity index (χ3n) is 2.59. The number of nitrogens with one attached hydrogen (secondary N) is 2. The Labute approximate surface area is 119 Å². The number of aromatic nitrogens is 2. The molecule has 0 atom stereocenters. The molecule has 0 saturated carbocycles. The minimum absolute atomic E-state index is 0.116. The molecule has 9 heteroatoms. The van der Waals surface area contributed by atoms with Gasteiger partial charge in [0.2, 0.25) is 10.0 Å². The first-order valence-corrected chi connectivity index (χ1v) is 7.94. The van der Waals surface area contributed by atoms with Crippen molar-refractivity contribution >= 4 is 27.3 Å². The highest BCUT2D eigenvalue weighted by Gasteiger charge is 2.27. The Kier molecular flexibility index (Phi) is 3.93. The zero-order valence-electron chi connectivity index (χ0n) is 10.8. The molecule has 2 aromatic rings. The lowest BCUT2D eigenvalue weighted by Gasteiger charge is -2.05. The number of nitrogens with zero attached hydrogens (tertiary/aromatic N) is 1. The molecule has 2 rings (SSSR count). The summed E-state index contributed by atoms with van der Waals surface area (Å²) < 4.78 is 26.8. The first-order valence-electron chi connectivity index (χ1n) is 5.64. The van der Waals surface area contributed by atoms with Crippen LogP contribution in [0.2, 0.25) is 0 Å². The van der Waals surface area contributed by atoms with Gasteiger partial charge in [0.15, 0.2) is 5.69 Å². The summed E-state index contributed by atoms with van der Waals surface area (Å²) in [4.78, 5) is 12.6. The molecule has 7 nitrogen and oxygen atoms in total. The largest absolute Gasteiger partial charge is 0.476 e. The molecule has 3 N–H and O–H groups in total. The van der Waals surface area contributed by atoms with Crippen LogP contribution in [-0.4, -0.2) is 29.7 Å². The highest BCUT2D eigenvalue weighted by molar-refractivity contribution is 7.89. The van der Waals surface area contributed by atoms with Crippen LogP contribution in [0.4, 0.5) is 0 Å². The van der Waals surface area contributed by atoms with E-state index in [1.54, 1.807) is 0 Å². The summed E-state index contributed by atoms with van der Waals surface area (Å²) in [5.74, 6) is -1.39. The summed E-state index contributed by atoms with van der Waals surface area (Å²) in [6.45, 7) is 3.50. The van der Waals surface area contributed by atoms with E-state index in [-0.39, 0.29) is 17.1 Å². The lowest BCUT2D eigenvalue weighted by Crippen LogP contribution is -2.25. The van der Waals surface area contributed by atoms with Crippen LogP contribution in [0.5, 0.6) is 0 Å². The molecule has 0 aliphatic rings. The van der Waals surface area contributed by atoms with Crippen LogP contribution in [0.15, 0.2) is 17.0 Å². The van der Waals surface area contributed by atoms with Crippen LogP contribution in [0.3, 0.4) is 0 Å². The van der Waals surface area contributed by atoms with E-state index in [0.29, 0.717) is 0 Å². The zero-order chi connectivity index (χ0) is 14.9. The topological polar surface area (TPSA) is 112 Å². The average Bonchev–Trinajstić information content (AvgIpc) is 2.93. The van der Waals surface area contributed by atoms with Crippen molar-refractivity contribution in [3.63, 3.8) is 0 Å². The molecule has 0 fully saturated rings. The highest BCUT2D eigenvalue weighted by Crippen LogP contribution is 2.19. The van der Waals surface area contributed by atoms with E-state index < -0.39 is 21.7 Å². The number of sulfonamides is 1. The van der Waals surface area contributed by atoms with Crippen LogP contribution in [-0.2, 0) is 16.6 Å². The molecule has 0 amide bonds. The smallest absolute Gasteiger partial charge is 0.357 e. The summed E-state index contributed by atoms with van der Waals surface area (Å²) in [6.07, 6.45) is 0. The van der Waals surface area contributed by atoms with Gasteiger partial charge in [-0.3, -0.25) is 5.10 Å². The SMILES string of the molecule is Cc1ccc(CNS(=O)(=O)c2c(C(=O)O)n[nH]c2C)s1. The number of carboxylic acids is 1. The fraction of sp³-hybridized carbons (Fsp3) is 0.273. The van der Waals surface area contributed by atoms with E-state index in [1.165, 1.54) is 18.3 Å². The summed E-state index contributed by atoms with van der Waals surface area (Å²) >= 11 is 1.47. The second-order valence-corrected chi connectivity index (χ2v) is 7.24. The number of aromatic amines is 1. The Morgan fingerprint density at radius 1 is 1.45 bits per heavy atom. The van der Waals surface area contributed by atoms with E-state index in [0.717, 1.165) is 9.75 Å². The van der Waals surface area contributed by atoms with Crippen molar-refractivity contribution in [2.45, 2.75) is 25.3 Å². The van der Waals surface area contributed by atoms with Crippen molar-refractivity contribution in [2.75, 3.05) is 0 Å².